The van der Waals surface area contributed by atoms with Gasteiger partial charge in [0.2, 0.25) is 0 Å². The molecular weight excluding hydrogens is 140 g/mol. The molecule has 2 nitrogen and oxygen atoms in total. The van der Waals surface area contributed by atoms with Crippen molar-refractivity contribution in [1.82, 2.24) is 0 Å². The highest BCUT2D eigenvalue weighted by molar-refractivity contribution is 7.26. The highest BCUT2D eigenvalue weighted by atomic mass is 29.5. The van der Waals surface area contributed by atoms with E-state index in [1.165, 1.54) is 9.76 Å². The maximum absolute atomic E-state index is 8.87. The first-order valence-electron chi connectivity index (χ1n) is 2.61. The second-order valence-corrected chi connectivity index (χ2v) is 15.3. The van der Waals surface area contributed by atoms with Crippen molar-refractivity contribution in [3.63, 3.8) is 0 Å². The third kappa shape index (κ3) is 4.42. The smallest absolute Gasteiger partial charge is 0.286 e. The zero-order chi connectivity index (χ0) is 5.70. The Labute approximate surface area is 50.6 Å². The van der Waals surface area contributed by atoms with Gasteiger partial charge in [0.25, 0.3) is 8.80 Å². The molecule has 0 rings (SSSR count). The van der Waals surface area contributed by atoms with E-state index in [9.17, 15) is 0 Å². The van der Waals surface area contributed by atoms with Crippen molar-refractivity contribution in [1.29, 1.82) is 0 Å². The van der Waals surface area contributed by atoms with Crippen molar-refractivity contribution in [2.45, 2.75) is 6.92 Å². The molecule has 44 valence electrons. The Morgan fingerprint density at radius 2 is 2.57 bits per heavy atom. The summed E-state index contributed by atoms with van der Waals surface area (Å²) >= 11 is 0. The summed E-state index contributed by atoms with van der Waals surface area (Å²) in [6.07, 6.45) is 0. The molecular formula is C2H12O2Si3. The summed E-state index contributed by atoms with van der Waals surface area (Å²) < 4.78 is 4.98. The molecule has 0 saturated carbocycles. The minimum atomic E-state index is -1.48. The lowest BCUT2D eigenvalue weighted by Crippen LogP contribution is -2.26. The van der Waals surface area contributed by atoms with Gasteiger partial charge in [-0.3, -0.25) is 0 Å². The van der Waals surface area contributed by atoms with Crippen LogP contribution in [0.1, 0.15) is 6.92 Å². The van der Waals surface area contributed by atoms with E-state index in [0.29, 0.717) is 6.61 Å². The Morgan fingerprint density at radius 1 is 2.00 bits per heavy atom. The van der Waals surface area contributed by atoms with Crippen LogP contribution < -0.4 is 0 Å². The van der Waals surface area contributed by atoms with E-state index >= 15 is 0 Å². The van der Waals surface area contributed by atoms with Crippen LogP contribution in [-0.4, -0.2) is 38.5 Å². The van der Waals surface area contributed by atoms with Gasteiger partial charge < -0.3 is 9.22 Å². The highest BCUT2D eigenvalue weighted by Gasteiger charge is 1.99. The van der Waals surface area contributed by atoms with E-state index in [2.05, 4.69) is 0 Å². The lowest BCUT2D eigenvalue weighted by atomic mass is 10.9. The summed E-state index contributed by atoms with van der Waals surface area (Å²) in [5.41, 5.74) is 0. The van der Waals surface area contributed by atoms with E-state index in [1.807, 2.05) is 6.92 Å². The van der Waals surface area contributed by atoms with Gasteiger partial charge in [-0.15, -0.1) is 0 Å². The van der Waals surface area contributed by atoms with Crippen LogP contribution in [0.5, 0.6) is 0 Å². The Bertz CT molecular complexity index is 41.9. The van der Waals surface area contributed by atoms with Gasteiger partial charge >= 0.3 is 0 Å². The number of rotatable bonds is 3. The fraction of sp³-hybridized carbons (Fsp3) is 1.00. The Kier molecular flexibility index (Phi) is 5.11. The molecule has 0 aromatic rings. The monoisotopic (exact) mass is 152 g/mol. The topological polar surface area (TPSA) is 29.5 Å². The van der Waals surface area contributed by atoms with Crippen molar-refractivity contribution in [2.75, 3.05) is 6.61 Å². The van der Waals surface area contributed by atoms with E-state index < -0.39 is 8.80 Å². The highest BCUT2D eigenvalue weighted by Crippen LogP contribution is 1.72. The molecule has 0 heterocycles. The van der Waals surface area contributed by atoms with Crippen LogP contribution in [0.15, 0.2) is 0 Å². The molecule has 0 fully saturated rings. The van der Waals surface area contributed by atoms with Crippen LogP contribution in [0, 0.1) is 0 Å². The molecule has 7 heavy (non-hydrogen) atoms. The standard InChI is InChI=1S/C2H12O2Si3/c1-2-4-7(3)6-5/h3,7H,2,6H2,1,5H3. The third-order valence-corrected chi connectivity index (χ3v) is 11.2. The maximum Gasteiger partial charge on any atom is 0.286 e. The summed E-state index contributed by atoms with van der Waals surface area (Å²) in [4.78, 5) is 8.87. The molecule has 0 aromatic carbocycles. The molecule has 0 amide bonds. The summed E-state index contributed by atoms with van der Waals surface area (Å²) in [5, 5.41) is 0. The Morgan fingerprint density at radius 3 is 2.71 bits per heavy atom. The first-order chi connectivity index (χ1) is 3.31. The second-order valence-electron chi connectivity index (χ2n) is 1.32. The van der Waals surface area contributed by atoms with Gasteiger partial charge in [-0.05, 0) is 16.7 Å². The molecule has 0 saturated heterocycles. The first-order valence-corrected chi connectivity index (χ1v) is 12.5. The summed E-state index contributed by atoms with van der Waals surface area (Å²) in [7, 11) is -0.330. The predicted molar refractivity (Wildman–Crippen MR) is 39.5 cm³/mol. The Balaban J connectivity index is 2.83. The van der Waals surface area contributed by atoms with Crippen molar-refractivity contribution < 1.29 is 9.22 Å². The summed E-state index contributed by atoms with van der Waals surface area (Å²) in [6.45, 7) is 2.64. The molecule has 1 unspecified atom stereocenters. The lowest BCUT2D eigenvalue weighted by molar-refractivity contribution is 0.293. The van der Waals surface area contributed by atoms with Crippen molar-refractivity contribution in [3.8, 4) is 0 Å². The minimum absolute atomic E-state index is 0.0615. The van der Waals surface area contributed by atoms with Crippen LogP contribution >= 0.6 is 0 Å². The molecule has 0 aliphatic heterocycles. The molecule has 0 aliphatic rings. The lowest BCUT2D eigenvalue weighted by Gasteiger charge is -2.01. The van der Waals surface area contributed by atoms with Crippen molar-refractivity contribution in [3.05, 3.63) is 0 Å². The van der Waals surface area contributed by atoms with Gasteiger partial charge in [-0.1, -0.05) is 0 Å². The summed E-state index contributed by atoms with van der Waals surface area (Å²) in [5.74, 6) is 0. The van der Waals surface area contributed by atoms with Crippen molar-refractivity contribution >= 4 is 27.1 Å². The predicted octanol–water partition coefficient (Wildman–Crippen LogP) is -2.82. The van der Waals surface area contributed by atoms with Gasteiger partial charge in [0, 0.05) is 6.61 Å². The van der Waals surface area contributed by atoms with Gasteiger partial charge in [-0.25, -0.2) is 0 Å². The molecule has 1 atom stereocenters. The normalized spacial score (nSPS) is 16.3. The average Bonchev–Trinajstić information content (AvgIpc) is 1.68. The van der Waals surface area contributed by atoms with Crippen LogP contribution in [0.3, 0.4) is 0 Å². The largest absolute Gasteiger partial charge is 0.416 e. The van der Waals surface area contributed by atoms with E-state index in [4.69, 9.17) is 9.22 Å². The molecule has 0 bridgehead atoms. The first kappa shape index (κ1) is 7.57. The number of hydrogen-bond donors (Lipinski definition) is 1. The molecule has 5 heteroatoms. The minimum Gasteiger partial charge on any atom is -0.416 e. The zero-order valence-electron chi connectivity index (χ0n) is 4.85. The summed E-state index contributed by atoms with van der Waals surface area (Å²) in [6, 6.07) is 0. The van der Waals surface area contributed by atoms with Crippen LogP contribution in [-0.2, 0) is 4.43 Å². The van der Waals surface area contributed by atoms with Gasteiger partial charge in [0.15, 0.2) is 0 Å². The molecule has 0 aromatic heterocycles. The van der Waals surface area contributed by atoms with E-state index in [-0.39, 0.29) is 8.55 Å². The number of hydrogen-bond acceptors (Lipinski definition) is 2. The maximum atomic E-state index is 8.87. The third-order valence-electron chi connectivity index (χ3n) is 0.708. The van der Waals surface area contributed by atoms with Crippen LogP contribution in [0.2, 0.25) is 0 Å². The molecule has 0 spiro atoms. The van der Waals surface area contributed by atoms with Crippen molar-refractivity contribution in [2.24, 2.45) is 0 Å². The molecule has 1 N–H and O–H groups in total. The quantitative estimate of drug-likeness (QED) is 0.442. The molecule has 0 radical (unpaired) electrons. The van der Waals surface area contributed by atoms with Crippen LogP contribution in [0.4, 0.5) is 0 Å². The van der Waals surface area contributed by atoms with E-state index in [1.54, 1.807) is 0 Å². The second kappa shape index (κ2) is 4.72. The zero-order valence-corrected chi connectivity index (χ0v) is 9.42. The average molecular weight is 152 g/mol. The van der Waals surface area contributed by atoms with Gasteiger partial charge in [-0.2, -0.15) is 0 Å². The molecule has 0 aliphatic carbocycles. The SMILES string of the molecule is CCO[SiH](O)[SiH2][SiH3]. The fourth-order valence-electron chi connectivity index (χ4n) is 0.310. The Hall–Kier alpha value is 0.571. The van der Waals surface area contributed by atoms with E-state index in [0.717, 1.165) is 0 Å². The fourth-order valence-corrected chi connectivity index (χ4v) is 4.47. The van der Waals surface area contributed by atoms with Crippen LogP contribution in [0.25, 0.3) is 0 Å². The van der Waals surface area contributed by atoms with Gasteiger partial charge in [0.05, 0.1) is 8.55 Å². The van der Waals surface area contributed by atoms with Gasteiger partial charge in [0.1, 0.15) is 0 Å².